The van der Waals surface area contributed by atoms with Crippen LogP contribution in [0.25, 0.3) is 0 Å². The Morgan fingerprint density at radius 1 is 1.17 bits per heavy atom. The second kappa shape index (κ2) is 4.52. The summed E-state index contributed by atoms with van der Waals surface area (Å²) in [6.45, 7) is 14.1. The molecule has 0 aromatic heterocycles. The van der Waals surface area contributed by atoms with E-state index in [0.29, 0.717) is 16.9 Å². The first-order chi connectivity index (χ1) is 8.26. The lowest BCUT2D eigenvalue weighted by Crippen LogP contribution is -2.44. The molecule has 3 nitrogen and oxygen atoms in total. The zero-order valence-electron chi connectivity index (χ0n) is 12.5. The third-order valence-corrected chi connectivity index (χ3v) is 5.87. The molecule has 2 fully saturated rings. The summed E-state index contributed by atoms with van der Waals surface area (Å²) in [5, 5.41) is 3.72. The van der Waals surface area contributed by atoms with Crippen molar-refractivity contribution in [3.63, 3.8) is 0 Å². The Morgan fingerprint density at radius 3 is 2.06 bits per heavy atom. The average molecular weight is 252 g/mol. The summed E-state index contributed by atoms with van der Waals surface area (Å²) in [6, 6.07) is 0.604. The number of hydrogen-bond donors (Lipinski definition) is 1. The highest BCUT2D eigenvalue weighted by Crippen LogP contribution is 2.67. The molecule has 0 bridgehead atoms. The lowest BCUT2D eigenvalue weighted by Gasteiger charge is -2.32. The van der Waals surface area contributed by atoms with Gasteiger partial charge in [-0.2, -0.15) is 0 Å². The summed E-state index contributed by atoms with van der Waals surface area (Å²) in [4.78, 5) is 13.2. The summed E-state index contributed by atoms with van der Waals surface area (Å²) >= 11 is 0. The highest BCUT2D eigenvalue weighted by molar-refractivity contribution is 5.73. The van der Waals surface area contributed by atoms with Crippen LogP contribution in [0, 0.1) is 16.7 Å². The van der Waals surface area contributed by atoms with Gasteiger partial charge in [0.25, 0.3) is 0 Å². The number of piperidine rings is 1. The van der Waals surface area contributed by atoms with Gasteiger partial charge in [-0.25, -0.2) is 0 Å². The van der Waals surface area contributed by atoms with Crippen molar-refractivity contribution >= 4 is 5.91 Å². The maximum absolute atomic E-state index is 11.3. The minimum atomic E-state index is 0.220. The molecule has 0 unspecified atom stereocenters. The molecule has 0 radical (unpaired) electrons. The number of hydrogen-bond acceptors (Lipinski definition) is 2. The highest BCUT2D eigenvalue weighted by atomic mass is 16.2. The van der Waals surface area contributed by atoms with Crippen molar-refractivity contribution in [2.75, 3.05) is 19.6 Å². The number of nitrogens with zero attached hydrogens (tertiary/aromatic N) is 1. The summed E-state index contributed by atoms with van der Waals surface area (Å²) < 4.78 is 0. The van der Waals surface area contributed by atoms with E-state index in [1.54, 1.807) is 6.92 Å². The van der Waals surface area contributed by atoms with Gasteiger partial charge in [-0.05, 0) is 36.1 Å². The monoisotopic (exact) mass is 252 g/mol. The molecular weight excluding hydrogens is 224 g/mol. The predicted molar refractivity (Wildman–Crippen MR) is 74.3 cm³/mol. The molecule has 1 N–H and O–H groups in total. The van der Waals surface area contributed by atoms with E-state index in [1.165, 1.54) is 0 Å². The van der Waals surface area contributed by atoms with Crippen LogP contribution < -0.4 is 5.32 Å². The van der Waals surface area contributed by atoms with Gasteiger partial charge in [0.05, 0.1) is 0 Å². The molecule has 3 heteroatoms. The Bertz CT molecular complexity index is 313. The van der Waals surface area contributed by atoms with Gasteiger partial charge in [0, 0.05) is 26.1 Å². The third kappa shape index (κ3) is 2.29. The van der Waals surface area contributed by atoms with Crippen LogP contribution in [0.2, 0.25) is 0 Å². The summed E-state index contributed by atoms with van der Waals surface area (Å²) in [7, 11) is 0. The van der Waals surface area contributed by atoms with Gasteiger partial charge in [0.15, 0.2) is 0 Å². The van der Waals surface area contributed by atoms with Gasteiger partial charge in [0.2, 0.25) is 5.91 Å². The molecule has 1 saturated heterocycles. The molecule has 1 amide bonds. The SMILES string of the molecule is CC(=O)N1CCC(NCC2C(C)(C)C2(C)C)CC1. The minimum Gasteiger partial charge on any atom is -0.343 e. The van der Waals surface area contributed by atoms with E-state index in [-0.39, 0.29) is 5.91 Å². The Kier molecular flexibility index (Phi) is 3.48. The van der Waals surface area contributed by atoms with Crippen LogP contribution in [0.5, 0.6) is 0 Å². The molecule has 2 rings (SSSR count). The highest BCUT2D eigenvalue weighted by Gasteiger charge is 2.63. The molecule has 18 heavy (non-hydrogen) atoms. The van der Waals surface area contributed by atoms with Crippen molar-refractivity contribution in [1.82, 2.24) is 10.2 Å². The Balaban J connectivity index is 1.73. The first-order valence-electron chi connectivity index (χ1n) is 7.25. The van der Waals surface area contributed by atoms with Crippen molar-refractivity contribution in [1.29, 1.82) is 0 Å². The van der Waals surface area contributed by atoms with Gasteiger partial charge in [-0.3, -0.25) is 4.79 Å². The lowest BCUT2D eigenvalue weighted by molar-refractivity contribution is -0.129. The number of rotatable bonds is 3. The van der Waals surface area contributed by atoms with E-state index in [1.807, 2.05) is 4.90 Å². The molecule has 0 atom stereocenters. The standard InChI is InChI=1S/C15H28N2O/c1-11(18)17-8-6-12(7-9-17)16-10-13-14(2,3)15(13,4)5/h12-13,16H,6-10H2,1-5H3. The second-order valence-electron chi connectivity index (χ2n) is 7.18. The van der Waals surface area contributed by atoms with Gasteiger partial charge in [-0.15, -0.1) is 0 Å². The van der Waals surface area contributed by atoms with Crippen LogP contribution in [0.3, 0.4) is 0 Å². The number of nitrogens with one attached hydrogen (secondary N) is 1. The Morgan fingerprint density at radius 2 is 1.67 bits per heavy atom. The molecule has 1 saturated carbocycles. The molecule has 0 aromatic carbocycles. The fourth-order valence-electron chi connectivity index (χ4n) is 3.53. The van der Waals surface area contributed by atoms with Crippen molar-refractivity contribution in [2.24, 2.45) is 16.7 Å². The normalized spacial score (nSPS) is 27.3. The lowest BCUT2D eigenvalue weighted by atomic mass is 10.0. The topological polar surface area (TPSA) is 32.3 Å². The van der Waals surface area contributed by atoms with Crippen LogP contribution in [-0.4, -0.2) is 36.5 Å². The summed E-state index contributed by atoms with van der Waals surface area (Å²) in [6.07, 6.45) is 2.21. The largest absolute Gasteiger partial charge is 0.343 e. The fourth-order valence-corrected chi connectivity index (χ4v) is 3.53. The van der Waals surface area contributed by atoms with E-state index >= 15 is 0 Å². The Labute approximate surface area is 111 Å². The van der Waals surface area contributed by atoms with Crippen LogP contribution in [0.1, 0.15) is 47.5 Å². The van der Waals surface area contributed by atoms with E-state index in [0.717, 1.165) is 38.4 Å². The fraction of sp³-hybridized carbons (Fsp3) is 0.933. The number of carbonyl (C=O) groups excluding carboxylic acids is 1. The second-order valence-corrected chi connectivity index (χ2v) is 7.18. The van der Waals surface area contributed by atoms with Gasteiger partial charge in [-0.1, -0.05) is 27.7 Å². The first-order valence-corrected chi connectivity index (χ1v) is 7.25. The van der Waals surface area contributed by atoms with E-state index in [4.69, 9.17) is 0 Å². The van der Waals surface area contributed by atoms with Gasteiger partial charge < -0.3 is 10.2 Å². The Hall–Kier alpha value is -0.570. The van der Waals surface area contributed by atoms with Crippen molar-refractivity contribution in [2.45, 2.75) is 53.5 Å². The molecule has 1 aliphatic heterocycles. The number of likely N-dealkylation sites (tertiary alicyclic amines) is 1. The average Bonchev–Trinajstić information content (AvgIpc) is 2.67. The molecule has 2 aliphatic rings. The van der Waals surface area contributed by atoms with Crippen molar-refractivity contribution < 1.29 is 4.79 Å². The molecular formula is C15H28N2O. The van der Waals surface area contributed by atoms with E-state index < -0.39 is 0 Å². The summed E-state index contributed by atoms with van der Waals surface area (Å²) in [5.74, 6) is 1.01. The van der Waals surface area contributed by atoms with Crippen LogP contribution in [0.4, 0.5) is 0 Å². The molecule has 1 heterocycles. The quantitative estimate of drug-likeness (QED) is 0.835. The molecule has 0 spiro atoms. The zero-order valence-corrected chi connectivity index (χ0v) is 12.5. The van der Waals surface area contributed by atoms with Gasteiger partial charge in [0.1, 0.15) is 0 Å². The minimum absolute atomic E-state index is 0.220. The van der Waals surface area contributed by atoms with Crippen LogP contribution in [-0.2, 0) is 4.79 Å². The van der Waals surface area contributed by atoms with Crippen LogP contribution in [0.15, 0.2) is 0 Å². The number of carbonyl (C=O) groups is 1. The number of amides is 1. The summed E-state index contributed by atoms with van der Waals surface area (Å²) in [5.41, 5.74) is 0.945. The van der Waals surface area contributed by atoms with E-state index in [2.05, 4.69) is 33.0 Å². The third-order valence-electron chi connectivity index (χ3n) is 5.87. The van der Waals surface area contributed by atoms with Gasteiger partial charge >= 0.3 is 0 Å². The van der Waals surface area contributed by atoms with E-state index in [9.17, 15) is 4.79 Å². The predicted octanol–water partition coefficient (Wildman–Crippen LogP) is 2.27. The molecule has 0 aromatic rings. The molecule has 104 valence electrons. The molecule has 1 aliphatic carbocycles. The zero-order chi connectivity index (χ0) is 13.6. The first kappa shape index (κ1) is 13.9. The van der Waals surface area contributed by atoms with Crippen molar-refractivity contribution in [3.8, 4) is 0 Å². The van der Waals surface area contributed by atoms with Crippen molar-refractivity contribution in [3.05, 3.63) is 0 Å². The maximum Gasteiger partial charge on any atom is 0.219 e. The smallest absolute Gasteiger partial charge is 0.219 e. The van der Waals surface area contributed by atoms with Crippen LogP contribution >= 0.6 is 0 Å². The maximum atomic E-state index is 11.3.